The molecule has 2 aromatic heterocycles. The van der Waals surface area contributed by atoms with Gasteiger partial charge in [0.1, 0.15) is 0 Å². The maximum absolute atomic E-state index is 4.48. The Labute approximate surface area is 174 Å². The van der Waals surface area contributed by atoms with E-state index in [1.165, 1.54) is 73.5 Å². The second-order valence-electron chi connectivity index (χ2n) is 10.7. The molecule has 29 heavy (non-hydrogen) atoms. The third-order valence-electron chi connectivity index (χ3n) is 9.29. The summed E-state index contributed by atoms with van der Waals surface area (Å²) < 4.78 is 2.75. The van der Waals surface area contributed by atoms with Crippen LogP contribution in [0.15, 0.2) is 36.7 Å². The Morgan fingerprint density at radius 1 is 1.07 bits per heavy atom. The molecule has 7 rings (SSSR count). The normalized spacial score (nSPS) is 37.3. The second kappa shape index (κ2) is 6.33. The van der Waals surface area contributed by atoms with Crippen molar-refractivity contribution in [2.75, 3.05) is 0 Å². The number of aryl methyl sites for hydroxylation is 1. The number of aromatic nitrogens is 2. The smallest absolute Gasteiger partial charge is 0.0524 e. The van der Waals surface area contributed by atoms with Gasteiger partial charge in [-0.3, -0.25) is 4.98 Å². The first-order valence-corrected chi connectivity index (χ1v) is 12.2. The predicted octanol–water partition coefficient (Wildman–Crippen LogP) is 6.72. The fraction of sp³-hybridized carbons (Fsp3) is 0.593. The minimum absolute atomic E-state index is 0.639. The first kappa shape index (κ1) is 16.9. The van der Waals surface area contributed by atoms with Crippen LogP contribution < -0.4 is 0 Å². The van der Waals surface area contributed by atoms with E-state index in [2.05, 4.69) is 40.0 Å². The molecule has 2 bridgehead atoms. The molecular formula is C27H32N2. The van der Waals surface area contributed by atoms with E-state index in [9.17, 15) is 0 Å². The molecule has 6 unspecified atom stereocenters. The predicted molar refractivity (Wildman–Crippen MR) is 119 cm³/mol. The fourth-order valence-electron chi connectivity index (χ4n) is 8.09. The van der Waals surface area contributed by atoms with Gasteiger partial charge in [-0.05, 0) is 105 Å². The van der Waals surface area contributed by atoms with E-state index in [0.29, 0.717) is 12.0 Å². The summed E-state index contributed by atoms with van der Waals surface area (Å²) in [6.07, 6.45) is 25.9. The number of hydrogen-bond acceptors (Lipinski definition) is 1. The van der Waals surface area contributed by atoms with Crippen LogP contribution in [-0.2, 0) is 6.42 Å². The maximum Gasteiger partial charge on any atom is 0.0524 e. The summed E-state index contributed by atoms with van der Waals surface area (Å²) in [5.74, 6) is 4.89. The third kappa shape index (κ3) is 2.50. The molecule has 3 saturated carbocycles. The highest BCUT2D eigenvalue weighted by atomic mass is 15.0. The van der Waals surface area contributed by atoms with Gasteiger partial charge in [-0.1, -0.05) is 24.6 Å². The van der Waals surface area contributed by atoms with Gasteiger partial charge in [-0.25, -0.2) is 0 Å². The van der Waals surface area contributed by atoms with E-state index in [4.69, 9.17) is 0 Å². The van der Waals surface area contributed by atoms with Crippen molar-refractivity contribution in [3.8, 4) is 0 Å². The average molecular weight is 385 g/mol. The monoisotopic (exact) mass is 384 g/mol. The standard InChI is InChI=1S/C27H32N2/c1-2-19-7-8-21-13-18(15-22-14-17-4-6-20(22)12-17)5-9-25(21)29-26-10-11-28-16-24(26)23(3-1)27(19)29/h2,7-8,10-11,16-18,20-22,25H,1,3-6,9,12-15H2. The SMILES string of the molecule is C1=CC2CC(CC3CC4CCC3C4)CCC2n2c3c(c4cnccc42)CCC=C13. The van der Waals surface area contributed by atoms with Crippen LogP contribution in [0.3, 0.4) is 0 Å². The Morgan fingerprint density at radius 2 is 2.07 bits per heavy atom. The van der Waals surface area contributed by atoms with Crippen molar-refractivity contribution >= 4 is 16.5 Å². The molecule has 2 nitrogen and oxygen atoms in total. The van der Waals surface area contributed by atoms with Crippen LogP contribution in [0.4, 0.5) is 0 Å². The Hall–Kier alpha value is -1.83. The number of rotatable bonds is 2. The molecule has 3 fully saturated rings. The van der Waals surface area contributed by atoms with E-state index in [1.54, 1.807) is 18.4 Å². The van der Waals surface area contributed by atoms with Gasteiger partial charge >= 0.3 is 0 Å². The largest absolute Gasteiger partial charge is 0.336 e. The molecule has 5 aliphatic rings. The molecule has 0 saturated heterocycles. The minimum atomic E-state index is 0.639. The summed E-state index contributed by atoms with van der Waals surface area (Å²) in [6.45, 7) is 0. The third-order valence-corrected chi connectivity index (χ3v) is 9.29. The molecule has 6 atom stereocenters. The van der Waals surface area contributed by atoms with Gasteiger partial charge < -0.3 is 4.57 Å². The van der Waals surface area contributed by atoms with Crippen molar-refractivity contribution in [3.05, 3.63) is 47.9 Å². The van der Waals surface area contributed by atoms with Crippen LogP contribution >= 0.6 is 0 Å². The molecule has 150 valence electrons. The summed E-state index contributed by atoms with van der Waals surface area (Å²) in [7, 11) is 0. The zero-order valence-electron chi connectivity index (χ0n) is 17.4. The first-order valence-electron chi connectivity index (χ1n) is 12.2. The van der Waals surface area contributed by atoms with Crippen molar-refractivity contribution in [2.24, 2.45) is 29.6 Å². The lowest BCUT2D eigenvalue weighted by Crippen LogP contribution is -2.28. The second-order valence-corrected chi connectivity index (χ2v) is 10.7. The van der Waals surface area contributed by atoms with E-state index < -0.39 is 0 Å². The van der Waals surface area contributed by atoms with E-state index in [0.717, 1.165) is 23.7 Å². The minimum Gasteiger partial charge on any atom is -0.336 e. The van der Waals surface area contributed by atoms with Crippen LogP contribution in [0.2, 0.25) is 0 Å². The van der Waals surface area contributed by atoms with Crippen LogP contribution in [-0.4, -0.2) is 9.55 Å². The summed E-state index contributed by atoms with van der Waals surface area (Å²) >= 11 is 0. The number of fused-ring (bicyclic) bond motifs is 7. The molecule has 4 aliphatic carbocycles. The van der Waals surface area contributed by atoms with Gasteiger partial charge in [0.15, 0.2) is 0 Å². The van der Waals surface area contributed by atoms with E-state index >= 15 is 0 Å². The molecule has 3 heterocycles. The lowest BCUT2D eigenvalue weighted by molar-refractivity contribution is 0.173. The van der Waals surface area contributed by atoms with Gasteiger partial charge in [0, 0.05) is 23.8 Å². The lowest BCUT2D eigenvalue weighted by atomic mass is 9.72. The van der Waals surface area contributed by atoms with Gasteiger partial charge in [0.2, 0.25) is 0 Å². The highest BCUT2D eigenvalue weighted by molar-refractivity contribution is 5.92. The first-order chi connectivity index (χ1) is 14.3. The highest BCUT2D eigenvalue weighted by Crippen LogP contribution is 2.53. The number of allylic oxidation sites excluding steroid dienone is 4. The topological polar surface area (TPSA) is 17.8 Å². The molecule has 2 aromatic rings. The molecule has 0 radical (unpaired) electrons. The molecule has 0 N–H and O–H groups in total. The van der Waals surface area contributed by atoms with E-state index in [1.807, 2.05) is 6.20 Å². The van der Waals surface area contributed by atoms with Gasteiger partial charge in [0.05, 0.1) is 11.2 Å². The number of nitrogens with zero attached hydrogens (tertiary/aromatic N) is 2. The Morgan fingerprint density at radius 3 is 2.97 bits per heavy atom. The van der Waals surface area contributed by atoms with Crippen molar-refractivity contribution in [1.82, 2.24) is 9.55 Å². The van der Waals surface area contributed by atoms with E-state index in [-0.39, 0.29) is 0 Å². The molecule has 0 amide bonds. The summed E-state index contributed by atoms with van der Waals surface area (Å²) in [5, 5.41) is 1.41. The lowest BCUT2D eigenvalue weighted by Gasteiger charge is -2.38. The summed E-state index contributed by atoms with van der Waals surface area (Å²) in [5.41, 5.74) is 5.99. The Kier molecular flexibility index (Phi) is 3.69. The molecule has 0 aromatic carbocycles. The maximum atomic E-state index is 4.48. The Balaban J connectivity index is 1.23. The van der Waals surface area contributed by atoms with Crippen molar-refractivity contribution in [1.29, 1.82) is 0 Å². The van der Waals surface area contributed by atoms with Crippen LogP contribution in [0.1, 0.15) is 75.1 Å². The highest BCUT2D eigenvalue weighted by Gasteiger charge is 2.42. The fourth-order valence-corrected chi connectivity index (χ4v) is 8.09. The number of hydrogen-bond donors (Lipinski definition) is 0. The average Bonchev–Trinajstić information content (AvgIpc) is 3.42. The molecule has 2 heteroatoms. The van der Waals surface area contributed by atoms with Gasteiger partial charge in [-0.15, -0.1) is 0 Å². The molecule has 1 aliphatic heterocycles. The molecular weight excluding hydrogens is 352 g/mol. The van der Waals surface area contributed by atoms with Crippen LogP contribution in [0.5, 0.6) is 0 Å². The van der Waals surface area contributed by atoms with Crippen molar-refractivity contribution in [3.63, 3.8) is 0 Å². The van der Waals surface area contributed by atoms with Gasteiger partial charge in [0.25, 0.3) is 0 Å². The summed E-state index contributed by atoms with van der Waals surface area (Å²) in [6, 6.07) is 2.91. The molecule has 0 spiro atoms. The number of pyridine rings is 1. The van der Waals surface area contributed by atoms with Crippen LogP contribution in [0, 0.1) is 29.6 Å². The van der Waals surface area contributed by atoms with Gasteiger partial charge in [-0.2, -0.15) is 0 Å². The Bertz CT molecular complexity index is 1020. The van der Waals surface area contributed by atoms with Crippen LogP contribution in [0.25, 0.3) is 16.5 Å². The zero-order valence-corrected chi connectivity index (χ0v) is 17.4. The van der Waals surface area contributed by atoms with Crippen molar-refractivity contribution < 1.29 is 0 Å². The zero-order chi connectivity index (χ0) is 18.9. The quantitative estimate of drug-likeness (QED) is 0.562. The summed E-state index contributed by atoms with van der Waals surface area (Å²) in [4.78, 5) is 4.48. The van der Waals surface area contributed by atoms with Crippen molar-refractivity contribution in [2.45, 2.75) is 70.3 Å².